The van der Waals surface area contributed by atoms with Crippen LogP contribution < -0.4 is 10.6 Å². The molecule has 1 aromatic carbocycles. The van der Waals surface area contributed by atoms with Crippen LogP contribution in [0, 0.1) is 0 Å². The molecule has 8 heteroatoms. The first-order valence-electron chi connectivity index (χ1n) is 12.6. The minimum atomic E-state index is -1.50. The Balaban J connectivity index is 1.57. The summed E-state index contributed by atoms with van der Waals surface area (Å²) in [6.07, 6.45) is 6.79. The molecule has 8 nitrogen and oxygen atoms in total. The minimum Gasteiger partial charge on any atom is -0.346 e. The summed E-state index contributed by atoms with van der Waals surface area (Å²) in [5.74, 6) is -1.30. The van der Waals surface area contributed by atoms with Crippen LogP contribution in [0.3, 0.4) is 0 Å². The largest absolute Gasteiger partial charge is 0.346 e. The van der Waals surface area contributed by atoms with Crippen LogP contribution in [0.25, 0.3) is 0 Å². The predicted molar refractivity (Wildman–Crippen MR) is 131 cm³/mol. The monoisotopic (exact) mass is 479 g/mol. The smallest absolute Gasteiger partial charge is 0.339 e. The van der Waals surface area contributed by atoms with Crippen molar-refractivity contribution in [2.75, 3.05) is 13.1 Å². The quantitative estimate of drug-likeness (QED) is 0.504. The van der Waals surface area contributed by atoms with Gasteiger partial charge in [0, 0.05) is 31.5 Å². The fraction of sp³-hybridized carbons (Fsp3) is 0.481. The summed E-state index contributed by atoms with van der Waals surface area (Å²) < 4.78 is -0.363. The number of quaternary nitrogens is 1. The zero-order valence-electron chi connectivity index (χ0n) is 20.1. The molecular formula is C27H35N4O4+. The number of hydrogen-bond acceptors (Lipinski definition) is 5. The van der Waals surface area contributed by atoms with Crippen molar-refractivity contribution in [1.82, 2.24) is 15.6 Å². The predicted octanol–water partition coefficient (Wildman–Crippen LogP) is 2.33. The lowest BCUT2D eigenvalue weighted by atomic mass is 9.95. The topological polar surface area (TPSA) is 108 Å². The first-order chi connectivity index (χ1) is 17.0. The molecule has 2 unspecified atom stereocenters. The second-order valence-corrected chi connectivity index (χ2v) is 9.67. The molecule has 2 heterocycles. The summed E-state index contributed by atoms with van der Waals surface area (Å²) in [6.45, 7) is 0.728. The number of nitrogens with one attached hydrogen (secondary N) is 2. The highest BCUT2D eigenvalue weighted by Gasteiger charge is 2.52. The SMILES string of the molecule is O=C(NC(Cc1ccccc1)C(=O)[N+]1(C(O)C(=O)NC2CCCCC2)CCCC1)c1ccccn1. The Hall–Kier alpha value is -3.10. The van der Waals surface area contributed by atoms with Gasteiger partial charge in [0.2, 0.25) is 0 Å². The van der Waals surface area contributed by atoms with Crippen molar-refractivity contribution in [1.29, 1.82) is 0 Å². The van der Waals surface area contributed by atoms with E-state index in [1.807, 2.05) is 30.3 Å². The summed E-state index contributed by atoms with van der Waals surface area (Å²) in [7, 11) is 0. The number of benzene rings is 1. The zero-order chi connectivity index (χ0) is 24.7. The van der Waals surface area contributed by atoms with Crippen molar-refractivity contribution in [2.45, 2.75) is 69.7 Å². The van der Waals surface area contributed by atoms with Crippen LogP contribution in [0.4, 0.5) is 0 Å². The Morgan fingerprint density at radius 2 is 1.63 bits per heavy atom. The highest BCUT2D eigenvalue weighted by atomic mass is 16.3. The Morgan fingerprint density at radius 1 is 0.943 bits per heavy atom. The van der Waals surface area contributed by atoms with E-state index in [-0.39, 0.29) is 28.5 Å². The number of aromatic nitrogens is 1. The van der Waals surface area contributed by atoms with Gasteiger partial charge in [-0.1, -0.05) is 55.7 Å². The lowest BCUT2D eigenvalue weighted by molar-refractivity contribution is -0.881. The normalized spacial score (nSPS) is 19.5. The standard InChI is InChI=1S/C27H34N4O4/c32-24(22-15-7-8-16-28-22)30-23(19-20-11-3-1-4-12-20)26(34)31(17-9-10-18-31)27(35)25(33)29-21-13-5-2-6-14-21/h1,3-4,7-8,11-12,15-16,21,23,27,35H,2,5-6,9-10,13-14,17-19H2,(H-,29,30,32,33)/p+1. The van der Waals surface area contributed by atoms with E-state index in [9.17, 15) is 19.5 Å². The van der Waals surface area contributed by atoms with E-state index in [0.29, 0.717) is 13.1 Å². The first kappa shape index (κ1) is 25.0. The third-order valence-corrected chi connectivity index (χ3v) is 7.24. The minimum absolute atomic E-state index is 0.0348. The molecule has 1 saturated heterocycles. The number of hydrogen-bond donors (Lipinski definition) is 3. The van der Waals surface area contributed by atoms with Crippen LogP contribution in [-0.4, -0.2) is 63.7 Å². The Morgan fingerprint density at radius 3 is 2.29 bits per heavy atom. The maximum Gasteiger partial charge on any atom is 0.339 e. The van der Waals surface area contributed by atoms with Gasteiger partial charge < -0.3 is 15.7 Å². The number of carbonyl (C=O) groups is 3. The Bertz CT molecular complexity index is 1000. The lowest BCUT2D eigenvalue weighted by Gasteiger charge is -2.38. The van der Waals surface area contributed by atoms with E-state index >= 15 is 0 Å². The fourth-order valence-corrected chi connectivity index (χ4v) is 5.32. The molecule has 3 amide bonds. The number of aliphatic hydroxyl groups is 1. The van der Waals surface area contributed by atoms with E-state index < -0.39 is 24.1 Å². The molecule has 3 N–H and O–H groups in total. The molecule has 2 atom stereocenters. The van der Waals surface area contributed by atoms with E-state index in [4.69, 9.17) is 0 Å². The first-order valence-corrected chi connectivity index (χ1v) is 12.6. The van der Waals surface area contributed by atoms with Crippen molar-refractivity contribution in [3.63, 3.8) is 0 Å². The summed E-state index contributed by atoms with van der Waals surface area (Å²) in [6, 6.07) is 13.6. The van der Waals surface area contributed by atoms with Gasteiger partial charge in [0.05, 0.1) is 13.1 Å². The summed E-state index contributed by atoms with van der Waals surface area (Å²) in [5.41, 5.74) is 1.09. The van der Waals surface area contributed by atoms with Crippen molar-refractivity contribution >= 4 is 17.7 Å². The van der Waals surface area contributed by atoms with Crippen molar-refractivity contribution in [2.24, 2.45) is 0 Å². The molecule has 1 aromatic heterocycles. The van der Waals surface area contributed by atoms with Gasteiger partial charge in [-0.3, -0.25) is 14.6 Å². The lowest BCUT2D eigenvalue weighted by Crippen LogP contribution is -2.67. The maximum absolute atomic E-state index is 14.1. The van der Waals surface area contributed by atoms with Crippen LogP contribution in [-0.2, 0) is 16.0 Å². The zero-order valence-corrected chi connectivity index (χ0v) is 20.1. The number of pyridine rings is 1. The van der Waals surface area contributed by atoms with Crippen LogP contribution in [0.15, 0.2) is 54.7 Å². The summed E-state index contributed by atoms with van der Waals surface area (Å²) in [4.78, 5) is 44.2. The van der Waals surface area contributed by atoms with Crippen LogP contribution >= 0.6 is 0 Å². The molecule has 1 aliphatic carbocycles. The van der Waals surface area contributed by atoms with Crippen molar-refractivity contribution < 1.29 is 24.0 Å². The average Bonchev–Trinajstić information content (AvgIpc) is 3.40. The second kappa shape index (κ2) is 11.6. The Labute approximate surface area is 206 Å². The summed E-state index contributed by atoms with van der Waals surface area (Å²) >= 11 is 0. The van der Waals surface area contributed by atoms with Crippen LogP contribution in [0.1, 0.15) is 61.0 Å². The van der Waals surface area contributed by atoms with Gasteiger partial charge in [0.25, 0.3) is 12.1 Å². The third-order valence-electron chi connectivity index (χ3n) is 7.24. The number of aliphatic hydroxyl groups excluding tert-OH is 1. The number of rotatable bonds is 8. The maximum atomic E-state index is 14.1. The molecule has 2 aromatic rings. The van der Waals surface area contributed by atoms with E-state index in [0.717, 1.165) is 50.5 Å². The van der Waals surface area contributed by atoms with Gasteiger partial charge in [-0.25, -0.2) is 9.28 Å². The number of likely N-dealkylation sites (tertiary alicyclic amines) is 1. The summed E-state index contributed by atoms with van der Waals surface area (Å²) in [5, 5.41) is 17.1. The number of carbonyl (C=O) groups excluding carboxylic acids is 3. The van der Waals surface area contributed by atoms with E-state index in [1.54, 1.807) is 18.2 Å². The molecule has 4 rings (SSSR count). The van der Waals surface area contributed by atoms with Gasteiger partial charge in [0.1, 0.15) is 11.7 Å². The third kappa shape index (κ3) is 5.94. The van der Waals surface area contributed by atoms with Crippen LogP contribution in [0.2, 0.25) is 0 Å². The number of nitrogens with zero attached hydrogens (tertiary/aromatic N) is 2. The highest BCUT2D eigenvalue weighted by Crippen LogP contribution is 2.27. The van der Waals surface area contributed by atoms with Gasteiger partial charge in [-0.15, -0.1) is 0 Å². The van der Waals surface area contributed by atoms with Gasteiger partial charge in [-0.2, -0.15) is 0 Å². The van der Waals surface area contributed by atoms with Crippen LogP contribution in [0.5, 0.6) is 0 Å². The molecule has 1 aliphatic heterocycles. The van der Waals surface area contributed by atoms with Gasteiger partial charge in [-0.05, 0) is 30.5 Å². The highest BCUT2D eigenvalue weighted by molar-refractivity contribution is 5.95. The molecule has 35 heavy (non-hydrogen) atoms. The Kier molecular flexibility index (Phi) is 8.25. The fourth-order valence-electron chi connectivity index (χ4n) is 5.32. The van der Waals surface area contributed by atoms with Crippen molar-refractivity contribution in [3.8, 4) is 0 Å². The molecule has 0 radical (unpaired) electrons. The molecule has 2 fully saturated rings. The number of amides is 3. The molecular weight excluding hydrogens is 444 g/mol. The molecule has 0 spiro atoms. The average molecular weight is 480 g/mol. The molecule has 1 saturated carbocycles. The van der Waals surface area contributed by atoms with Gasteiger partial charge >= 0.3 is 11.8 Å². The molecule has 2 aliphatic rings. The van der Waals surface area contributed by atoms with E-state index in [2.05, 4.69) is 15.6 Å². The van der Waals surface area contributed by atoms with Crippen molar-refractivity contribution in [3.05, 3.63) is 66.0 Å². The van der Waals surface area contributed by atoms with Gasteiger partial charge in [0.15, 0.2) is 0 Å². The molecule has 0 bridgehead atoms. The second-order valence-electron chi connectivity index (χ2n) is 9.67. The van der Waals surface area contributed by atoms with E-state index in [1.165, 1.54) is 6.20 Å². The molecule has 186 valence electrons.